The van der Waals surface area contributed by atoms with Gasteiger partial charge in [0.05, 0.1) is 5.69 Å². The third-order valence-corrected chi connectivity index (χ3v) is 5.21. The number of carbonyl (C=O) groups excluding carboxylic acids is 1. The van der Waals surface area contributed by atoms with Crippen molar-refractivity contribution in [3.63, 3.8) is 0 Å². The van der Waals surface area contributed by atoms with Gasteiger partial charge in [0.2, 0.25) is 5.91 Å². The van der Waals surface area contributed by atoms with Gasteiger partial charge in [0.15, 0.2) is 5.96 Å². The van der Waals surface area contributed by atoms with Crippen LogP contribution < -0.4 is 5.32 Å². The van der Waals surface area contributed by atoms with Gasteiger partial charge in [-0.05, 0) is 32.1 Å². The number of aromatic nitrogens is 2. The lowest BCUT2D eigenvalue weighted by molar-refractivity contribution is -0.134. The summed E-state index contributed by atoms with van der Waals surface area (Å²) in [6.07, 6.45) is 6.04. The van der Waals surface area contributed by atoms with Gasteiger partial charge < -0.3 is 15.1 Å². The van der Waals surface area contributed by atoms with Crippen LogP contribution >= 0.6 is 0 Å². The van der Waals surface area contributed by atoms with E-state index in [-0.39, 0.29) is 5.91 Å². The molecule has 27 heavy (non-hydrogen) atoms. The van der Waals surface area contributed by atoms with Crippen LogP contribution in [0, 0.1) is 0 Å². The van der Waals surface area contributed by atoms with Crippen molar-refractivity contribution in [3.8, 4) is 0 Å². The molecular weight excluding hydrogens is 340 g/mol. The van der Waals surface area contributed by atoms with Crippen molar-refractivity contribution in [3.05, 3.63) is 17.5 Å². The molecule has 1 atom stereocenters. The van der Waals surface area contributed by atoms with Crippen molar-refractivity contribution < 1.29 is 4.79 Å². The van der Waals surface area contributed by atoms with Crippen LogP contribution in [0.1, 0.15) is 63.6 Å². The minimum absolute atomic E-state index is 0.238. The number of nitrogens with zero attached hydrogens (tertiary/aromatic N) is 5. The number of likely N-dealkylation sites (tertiary alicyclic amines) is 1. The largest absolute Gasteiger partial charge is 0.356 e. The van der Waals surface area contributed by atoms with Crippen LogP contribution in [0.15, 0.2) is 11.2 Å². The number of aliphatic imine (C=N–C) groups is 1. The van der Waals surface area contributed by atoms with E-state index in [9.17, 15) is 4.79 Å². The number of hydrogen-bond donors (Lipinski definition) is 1. The molecule has 152 valence electrons. The summed E-state index contributed by atoms with van der Waals surface area (Å²) in [6, 6.07) is 0.369. The fourth-order valence-electron chi connectivity index (χ4n) is 3.77. The Morgan fingerprint density at radius 1 is 1.44 bits per heavy atom. The van der Waals surface area contributed by atoms with Crippen molar-refractivity contribution in [2.45, 2.75) is 65.0 Å². The maximum atomic E-state index is 12.5. The van der Waals surface area contributed by atoms with Gasteiger partial charge in [0.25, 0.3) is 0 Å². The number of piperidine rings is 1. The summed E-state index contributed by atoms with van der Waals surface area (Å²) in [4.78, 5) is 21.0. The number of carbonyl (C=O) groups is 1. The second-order valence-electron chi connectivity index (χ2n) is 7.88. The molecule has 1 aromatic rings. The fraction of sp³-hybridized carbons (Fsp3) is 0.750. The monoisotopic (exact) mass is 376 g/mol. The fourth-order valence-corrected chi connectivity index (χ4v) is 3.77. The molecule has 0 radical (unpaired) electrons. The van der Waals surface area contributed by atoms with Crippen LogP contribution in [-0.2, 0) is 18.4 Å². The zero-order valence-corrected chi connectivity index (χ0v) is 17.8. The van der Waals surface area contributed by atoms with E-state index in [1.54, 1.807) is 7.05 Å². The zero-order chi connectivity index (χ0) is 20.0. The molecule has 0 aromatic carbocycles. The molecule has 0 aliphatic carbocycles. The molecule has 2 rings (SSSR count). The number of nitrogens with one attached hydrogen (secondary N) is 1. The maximum Gasteiger partial charge on any atom is 0.224 e. The first-order valence-corrected chi connectivity index (χ1v) is 10.1. The highest BCUT2D eigenvalue weighted by Crippen LogP contribution is 2.19. The predicted octanol–water partition coefficient (Wildman–Crippen LogP) is 2.34. The Morgan fingerprint density at radius 3 is 2.81 bits per heavy atom. The molecule has 1 N–H and O–H groups in total. The van der Waals surface area contributed by atoms with E-state index < -0.39 is 0 Å². The Bertz CT molecular complexity index is 651. The quantitative estimate of drug-likeness (QED) is 0.611. The van der Waals surface area contributed by atoms with Gasteiger partial charge in [-0.3, -0.25) is 14.5 Å². The van der Waals surface area contributed by atoms with Gasteiger partial charge >= 0.3 is 0 Å². The lowest BCUT2D eigenvalue weighted by Gasteiger charge is -2.33. The van der Waals surface area contributed by atoms with Gasteiger partial charge in [-0.25, -0.2) is 0 Å². The number of hydrogen-bond acceptors (Lipinski definition) is 3. The summed E-state index contributed by atoms with van der Waals surface area (Å²) >= 11 is 0. The summed E-state index contributed by atoms with van der Waals surface area (Å²) in [6.45, 7) is 8.70. The van der Waals surface area contributed by atoms with Crippen LogP contribution in [-0.4, -0.2) is 64.7 Å². The standard InChI is InChI=1S/C20H36N6O/c1-15(2)19-17(14-25(6)23-19)13-24(5)20(21-4)22-11-10-18(27)26-12-8-7-9-16(26)3/h14-16H,7-13H2,1-6H3,(H,21,22). The van der Waals surface area contributed by atoms with E-state index in [0.29, 0.717) is 24.9 Å². The molecule has 2 heterocycles. The maximum absolute atomic E-state index is 12.5. The van der Waals surface area contributed by atoms with Gasteiger partial charge in [-0.15, -0.1) is 0 Å². The van der Waals surface area contributed by atoms with E-state index in [2.05, 4.69) is 47.3 Å². The molecular formula is C20H36N6O. The lowest BCUT2D eigenvalue weighted by atomic mass is 10.0. The van der Waals surface area contributed by atoms with Crippen molar-refractivity contribution in [1.29, 1.82) is 0 Å². The predicted molar refractivity (Wildman–Crippen MR) is 110 cm³/mol. The van der Waals surface area contributed by atoms with Crippen molar-refractivity contribution >= 4 is 11.9 Å². The number of aryl methyl sites for hydroxylation is 1. The molecule has 1 aromatic heterocycles. The van der Waals surface area contributed by atoms with Gasteiger partial charge in [0, 0.05) is 65.0 Å². The van der Waals surface area contributed by atoms with Crippen LogP contribution in [0.2, 0.25) is 0 Å². The van der Waals surface area contributed by atoms with Crippen molar-refractivity contribution in [2.75, 3.05) is 27.2 Å². The highest BCUT2D eigenvalue weighted by molar-refractivity contribution is 5.81. The second kappa shape index (κ2) is 9.76. The van der Waals surface area contributed by atoms with E-state index in [1.807, 2.05) is 23.7 Å². The number of rotatable bonds is 6. The molecule has 1 amide bonds. The van der Waals surface area contributed by atoms with Crippen molar-refractivity contribution in [1.82, 2.24) is 24.9 Å². The SMILES string of the molecule is CN=C(NCCC(=O)N1CCCCC1C)N(C)Cc1cn(C)nc1C(C)C. The third-order valence-electron chi connectivity index (χ3n) is 5.21. The molecule has 1 fully saturated rings. The molecule has 0 saturated carbocycles. The van der Waals surface area contributed by atoms with E-state index in [4.69, 9.17) is 0 Å². The van der Waals surface area contributed by atoms with Crippen LogP contribution in [0.25, 0.3) is 0 Å². The molecule has 0 bridgehead atoms. The summed E-state index contributed by atoms with van der Waals surface area (Å²) in [5.41, 5.74) is 2.32. The average molecular weight is 377 g/mol. The summed E-state index contributed by atoms with van der Waals surface area (Å²) in [5.74, 6) is 1.42. The summed E-state index contributed by atoms with van der Waals surface area (Å²) in [5, 5.41) is 7.90. The Kier molecular flexibility index (Phi) is 7.68. The number of guanidine groups is 1. The molecule has 1 aliphatic rings. The third kappa shape index (κ3) is 5.71. The summed E-state index contributed by atoms with van der Waals surface area (Å²) < 4.78 is 1.87. The van der Waals surface area contributed by atoms with Crippen molar-refractivity contribution in [2.24, 2.45) is 12.0 Å². The van der Waals surface area contributed by atoms with E-state index in [0.717, 1.165) is 37.6 Å². The Hall–Kier alpha value is -2.05. The Morgan fingerprint density at radius 2 is 2.19 bits per heavy atom. The first-order valence-electron chi connectivity index (χ1n) is 10.1. The Balaban J connectivity index is 1.87. The second-order valence-corrected chi connectivity index (χ2v) is 7.88. The van der Waals surface area contributed by atoms with E-state index in [1.165, 1.54) is 12.0 Å². The van der Waals surface area contributed by atoms with E-state index >= 15 is 0 Å². The molecule has 7 heteroatoms. The Labute approximate surface area is 163 Å². The van der Waals surface area contributed by atoms with Gasteiger partial charge in [-0.2, -0.15) is 5.10 Å². The van der Waals surface area contributed by atoms with Crippen LogP contribution in [0.5, 0.6) is 0 Å². The topological polar surface area (TPSA) is 65.8 Å². The first-order chi connectivity index (χ1) is 12.8. The normalized spacial score (nSPS) is 18.1. The highest BCUT2D eigenvalue weighted by Gasteiger charge is 2.22. The highest BCUT2D eigenvalue weighted by atomic mass is 16.2. The average Bonchev–Trinajstić information content (AvgIpc) is 2.99. The molecule has 1 saturated heterocycles. The summed E-state index contributed by atoms with van der Waals surface area (Å²) in [7, 11) is 5.75. The minimum atomic E-state index is 0.238. The number of amides is 1. The van der Waals surface area contributed by atoms with Crippen LogP contribution in [0.3, 0.4) is 0 Å². The molecule has 1 unspecified atom stereocenters. The molecule has 1 aliphatic heterocycles. The van der Waals surface area contributed by atoms with Crippen LogP contribution in [0.4, 0.5) is 0 Å². The first kappa shape index (κ1) is 21.3. The smallest absolute Gasteiger partial charge is 0.224 e. The minimum Gasteiger partial charge on any atom is -0.356 e. The molecule has 7 nitrogen and oxygen atoms in total. The lowest BCUT2D eigenvalue weighted by Crippen LogP contribution is -2.44. The molecule has 0 spiro atoms. The van der Waals surface area contributed by atoms with Gasteiger partial charge in [-0.1, -0.05) is 13.8 Å². The van der Waals surface area contributed by atoms with Gasteiger partial charge in [0.1, 0.15) is 0 Å². The zero-order valence-electron chi connectivity index (χ0n) is 17.8.